The number of hydrogen-bond donors (Lipinski definition) is 1. The van der Waals surface area contributed by atoms with Gasteiger partial charge < -0.3 is 4.74 Å². The number of rotatable bonds is 6. The van der Waals surface area contributed by atoms with E-state index in [1.54, 1.807) is 18.2 Å². The number of carbonyl (C=O) groups is 1. The van der Waals surface area contributed by atoms with Crippen molar-refractivity contribution in [2.24, 2.45) is 0 Å². The van der Waals surface area contributed by atoms with Crippen LogP contribution in [-0.4, -0.2) is 27.2 Å². The van der Waals surface area contributed by atoms with E-state index in [2.05, 4.69) is 9.46 Å². The molecule has 0 fully saturated rings. The second kappa shape index (κ2) is 7.30. The number of anilines is 1. The van der Waals surface area contributed by atoms with Crippen molar-refractivity contribution in [1.29, 1.82) is 0 Å². The summed E-state index contributed by atoms with van der Waals surface area (Å²) in [4.78, 5) is 10.9. The van der Waals surface area contributed by atoms with Gasteiger partial charge in [0.05, 0.1) is 18.6 Å². The minimum atomic E-state index is -3.48. The Kier molecular flexibility index (Phi) is 6.34. The van der Waals surface area contributed by atoms with Crippen molar-refractivity contribution in [3.8, 4) is 0 Å². The molecule has 0 saturated carbocycles. The average molecular weight is 418 g/mol. The van der Waals surface area contributed by atoms with Gasteiger partial charge in [-0.3, -0.25) is 9.52 Å². The molecule has 0 unspecified atom stereocenters. The van der Waals surface area contributed by atoms with Crippen molar-refractivity contribution in [1.82, 2.24) is 0 Å². The topological polar surface area (TPSA) is 72.5 Å². The monoisotopic (exact) mass is 417 g/mol. The lowest BCUT2D eigenvalue weighted by atomic mass is 10.3. The molecule has 0 spiro atoms. The fourth-order valence-corrected chi connectivity index (χ4v) is 3.63. The maximum absolute atomic E-state index is 11.8. The maximum atomic E-state index is 11.8. The first-order chi connectivity index (χ1) is 8.84. The highest BCUT2D eigenvalue weighted by Crippen LogP contribution is 2.23. The molecule has 0 heterocycles. The predicted molar refractivity (Wildman–Crippen MR) is 82.8 cm³/mol. The molecule has 1 rings (SSSR count). The standard InChI is InChI=1S/C11H13ClINO4S/c1-18-11(15)3-2-6-19(16,17)14-10-5-4-8(12)7-9(10)13/h4-5,7,14H,2-3,6H2,1H3. The Balaban J connectivity index is 2.61. The summed E-state index contributed by atoms with van der Waals surface area (Å²) in [6.45, 7) is 0. The molecule has 0 radical (unpaired) electrons. The molecule has 0 aliphatic heterocycles. The number of sulfonamides is 1. The van der Waals surface area contributed by atoms with Gasteiger partial charge in [-0.2, -0.15) is 0 Å². The summed E-state index contributed by atoms with van der Waals surface area (Å²) in [5.41, 5.74) is 0.475. The molecule has 106 valence electrons. The fraction of sp³-hybridized carbons (Fsp3) is 0.364. The molecule has 8 heteroatoms. The lowest BCUT2D eigenvalue weighted by molar-refractivity contribution is -0.140. The minimum Gasteiger partial charge on any atom is -0.469 e. The summed E-state index contributed by atoms with van der Waals surface area (Å²) < 4.78 is 31.2. The Morgan fingerprint density at radius 1 is 1.47 bits per heavy atom. The van der Waals surface area contributed by atoms with Crippen LogP contribution in [0.2, 0.25) is 5.02 Å². The largest absolute Gasteiger partial charge is 0.469 e. The van der Waals surface area contributed by atoms with Crippen LogP contribution in [0, 0.1) is 3.57 Å². The Labute approximate surface area is 130 Å². The van der Waals surface area contributed by atoms with E-state index in [0.717, 1.165) is 0 Å². The number of nitrogens with one attached hydrogen (secondary N) is 1. The highest BCUT2D eigenvalue weighted by Gasteiger charge is 2.13. The van der Waals surface area contributed by atoms with Crippen LogP contribution >= 0.6 is 34.2 Å². The smallest absolute Gasteiger partial charge is 0.305 e. The van der Waals surface area contributed by atoms with Crippen LogP contribution in [0.25, 0.3) is 0 Å². The second-order valence-electron chi connectivity index (χ2n) is 3.72. The Hall–Kier alpha value is -0.540. The number of benzene rings is 1. The van der Waals surface area contributed by atoms with E-state index in [-0.39, 0.29) is 18.6 Å². The van der Waals surface area contributed by atoms with Gasteiger partial charge in [-0.05, 0) is 47.2 Å². The lowest BCUT2D eigenvalue weighted by Crippen LogP contribution is -2.18. The number of halogens is 2. The van der Waals surface area contributed by atoms with Gasteiger partial charge in [-0.15, -0.1) is 0 Å². The van der Waals surface area contributed by atoms with E-state index >= 15 is 0 Å². The number of carbonyl (C=O) groups excluding carboxylic acids is 1. The highest BCUT2D eigenvalue weighted by atomic mass is 127. The number of hydrogen-bond acceptors (Lipinski definition) is 4. The van der Waals surface area contributed by atoms with Crippen LogP contribution < -0.4 is 4.72 Å². The van der Waals surface area contributed by atoms with Crippen molar-refractivity contribution >= 4 is 55.9 Å². The Morgan fingerprint density at radius 2 is 2.16 bits per heavy atom. The lowest BCUT2D eigenvalue weighted by Gasteiger charge is -2.09. The molecule has 0 aromatic heterocycles. The molecule has 0 aliphatic carbocycles. The van der Waals surface area contributed by atoms with Crippen molar-refractivity contribution in [3.63, 3.8) is 0 Å². The van der Waals surface area contributed by atoms with Gasteiger partial charge in [-0.1, -0.05) is 11.6 Å². The molecule has 5 nitrogen and oxygen atoms in total. The van der Waals surface area contributed by atoms with E-state index in [0.29, 0.717) is 14.3 Å². The number of methoxy groups -OCH3 is 1. The fourth-order valence-electron chi connectivity index (χ4n) is 1.30. The Morgan fingerprint density at radius 3 is 2.74 bits per heavy atom. The summed E-state index contributed by atoms with van der Waals surface area (Å²) in [6.07, 6.45) is 0.293. The molecule has 0 aliphatic rings. The molecule has 0 bridgehead atoms. The third kappa shape index (κ3) is 5.96. The van der Waals surface area contributed by atoms with Gasteiger partial charge >= 0.3 is 5.97 Å². The van der Waals surface area contributed by atoms with Gasteiger partial charge in [0.2, 0.25) is 10.0 Å². The van der Waals surface area contributed by atoms with E-state index < -0.39 is 16.0 Å². The SMILES string of the molecule is COC(=O)CCCS(=O)(=O)Nc1ccc(Cl)cc1I. The zero-order chi connectivity index (χ0) is 14.5. The first-order valence-electron chi connectivity index (χ1n) is 5.36. The third-order valence-electron chi connectivity index (χ3n) is 2.22. The molecular formula is C11H13ClINO4S. The molecule has 19 heavy (non-hydrogen) atoms. The molecule has 0 atom stereocenters. The third-order valence-corrected chi connectivity index (χ3v) is 4.70. The number of ether oxygens (including phenoxy) is 1. The molecular weight excluding hydrogens is 405 g/mol. The van der Waals surface area contributed by atoms with Gasteiger partial charge in [0.1, 0.15) is 0 Å². The van der Waals surface area contributed by atoms with Crippen LogP contribution in [-0.2, 0) is 19.6 Å². The normalized spacial score (nSPS) is 11.1. The van der Waals surface area contributed by atoms with Crippen LogP contribution in [0.15, 0.2) is 18.2 Å². The van der Waals surface area contributed by atoms with Crippen molar-refractivity contribution in [2.75, 3.05) is 17.6 Å². The minimum absolute atomic E-state index is 0.0785. The second-order valence-corrected chi connectivity index (χ2v) is 7.17. The van der Waals surface area contributed by atoms with Crippen LogP contribution in [0.1, 0.15) is 12.8 Å². The van der Waals surface area contributed by atoms with Crippen LogP contribution in [0.4, 0.5) is 5.69 Å². The summed E-state index contributed by atoms with van der Waals surface area (Å²) in [6, 6.07) is 4.87. The first-order valence-corrected chi connectivity index (χ1v) is 8.47. The van der Waals surface area contributed by atoms with E-state index in [1.165, 1.54) is 7.11 Å². The average Bonchev–Trinajstić information content (AvgIpc) is 2.32. The van der Waals surface area contributed by atoms with Crippen molar-refractivity contribution < 1.29 is 17.9 Å². The van der Waals surface area contributed by atoms with Gasteiger partial charge in [-0.25, -0.2) is 8.42 Å². The first kappa shape index (κ1) is 16.5. The van der Waals surface area contributed by atoms with E-state index in [9.17, 15) is 13.2 Å². The highest BCUT2D eigenvalue weighted by molar-refractivity contribution is 14.1. The zero-order valence-corrected chi connectivity index (χ0v) is 13.9. The quantitative estimate of drug-likeness (QED) is 0.570. The van der Waals surface area contributed by atoms with Crippen LogP contribution in [0.5, 0.6) is 0 Å². The molecule has 1 aromatic rings. The van der Waals surface area contributed by atoms with E-state index in [4.69, 9.17) is 11.6 Å². The summed E-state index contributed by atoms with van der Waals surface area (Å²) in [5.74, 6) is -0.558. The number of esters is 1. The van der Waals surface area contributed by atoms with Crippen molar-refractivity contribution in [2.45, 2.75) is 12.8 Å². The molecule has 1 N–H and O–H groups in total. The summed E-state index contributed by atoms with van der Waals surface area (Å²) in [5, 5.41) is 0.540. The maximum Gasteiger partial charge on any atom is 0.305 e. The summed E-state index contributed by atoms with van der Waals surface area (Å²) >= 11 is 7.78. The molecule has 1 aromatic carbocycles. The zero-order valence-electron chi connectivity index (χ0n) is 10.2. The molecule has 0 saturated heterocycles. The predicted octanol–water partition coefficient (Wildman–Crippen LogP) is 2.64. The summed E-state index contributed by atoms with van der Waals surface area (Å²) in [7, 11) is -2.21. The molecule has 0 amide bonds. The van der Waals surface area contributed by atoms with Gasteiger partial charge in [0.25, 0.3) is 0 Å². The Bertz CT molecular complexity index is 562. The van der Waals surface area contributed by atoms with Crippen LogP contribution in [0.3, 0.4) is 0 Å². The van der Waals surface area contributed by atoms with E-state index in [1.807, 2.05) is 22.6 Å². The van der Waals surface area contributed by atoms with Gasteiger partial charge in [0.15, 0.2) is 0 Å². The van der Waals surface area contributed by atoms with Gasteiger partial charge in [0, 0.05) is 15.0 Å². The van der Waals surface area contributed by atoms with Crippen molar-refractivity contribution in [3.05, 3.63) is 26.8 Å².